The van der Waals surface area contributed by atoms with E-state index in [9.17, 15) is 5.11 Å². The molecular weight excluding hydrogens is 452 g/mol. The molecule has 7 nitrogen and oxygen atoms in total. The zero-order valence-corrected chi connectivity index (χ0v) is 21.4. The van der Waals surface area contributed by atoms with Gasteiger partial charge < -0.3 is 30.1 Å². The van der Waals surface area contributed by atoms with Crippen LogP contribution in [0.1, 0.15) is 17.5 Å². The highest BCUT2D eigenvalue weighted by Crippen LogP contribution is 2.32. The second-order valence-corrected chi connectivity index (χ2v) is 9.10. The van der Waals surface area contributed by atoms with Crippen LogP contribution in [0, 0.1) is 0 Å². The molecule has 1 aliphatic rings. The predicted molar refractivity (Wildman–Crippen MR) is 147 cm³/mol. The van der Waals surface area contributed by atoms with Gasteiger partial charge in [0.2, 0.25) is 0 Å². The summed E-state index contributed by atoms with van der Waals surface area (Å²) in [5.41, 5.74) is 5.14. The van der Waals surface area contributed by atoms with Crippen LogP contribution in [0.4, 0.5) is 17.1 Å². The van der Waals surface area contributed by atoms with Crippen LogP contribution in [-0.2, 0) is 17.8 Å². The maximum Gasteiger partial charge on any atom is 0.140 e. The Morgan fingerprint density at radius 2 is 1.53 bits per heavy atom. The van der Waals surface area contributed by atoms with Crippen LogP contribution >= 0.6 is 0 Å². The average Bonchev–Trinajstić information content (AvgIpc) is 3.16. The van der Waals surface area contributed by atoms with Gasteiger partial charge in [-0.25, -0.2) is 0 Å². The Bertz CT molecular complexity index is 1070. The molecule has 0 atom stereocenters. The van der Waals surface area contributed by atoms with Gasteiger partial charge in [-0.05, 0) is 60.5 Å². The third-order valence-electron chi connectivity index (χ3n) is 6.66. The summed E-state index contributed by atoms with van der Waals surface area (Å²) in [6.45, 7) is 7.35. The lowest BCUT2D eigenvalue weighted by Gasteiger charge is -2.24. The van der Waals surface area contributed by atoms with Crippen molar-refractivity contribution in [3.63, 3.8) is 0 Å². The third kappa shape index (κ3) is 7.06. The monoisotopic (exact) mass is 490 g/mol. The molecular formula is C29H38N4O3. The summed E-state index contributed by atoms with van der Waals surface area (Å²) < 4.78 is 10.5. The highest BCUT2D eigenvalue weighted by Gasteiger charge is 2.15. The number of hydrogen-bond donors (Lipinski definition) is 3. The number of hydrogen-bond acceptors (Lipinski definition) is 7. The topological polar surface area (TPSA) is 69.2 Å². The normalized spacial score (nSPS) is 14.3. The number of para-hydroxylation sites is 1. The number of nitrogens with zero attached hydrogens (tertiary/aromatic N) is 2. The molecule has 0 amide bonds. The van der Waals surface area contributed by atoms with Crippen LogP contribution in [0.3, 0.4) is 0 Å². The van der Waals surface area contributed by atoms with E-state index in [2.05, 4.69) is 44.7 Å². The van der Waals surface area contributed by atoms with E-state index in [1.807, 2.05) is 36.4 Å². The molecule has 0 aromatic heterocycles. The fraction of sp³-hybridized carbons (Fsp3) is 0.379. The minimum absolute atomic E-state index is 0.231. The van der Waals surface area contributed by atoms with Crippen LogP contribution in [0.5, 0.6) is 11.5 Å². The summed E-state index contributed by atoms with van der Waals surface area (Å²) in [6, 6.07) is 22.2. The molecule has 0 bridgehead atoms. The number of methoxy groups -OCH3 is 2. The van der Waals surface area contributed by atoms with Crippen molar-refractivity contribution in [1.29, 1.82) is 0 Å². The van der Waals surface area contributed by atoms with Crippen molar-refractivity contribution in [1.82, 2.24) is 4.90 Å². The van der Waals surface area contributed by atoms with Crippen LogP contribution in [0.2, 0.25) is 0 Å². The second-order valence-electron chi connectivity index (χ2n) is 9.10. The van der Waals surface area contributed by atoms with Gasteiger partial charge in [0.05, 0.1) is 19.4 Å². The molecule has 0 unspecified atom stereocenters. The van der Waals surface area contributed by atoms with Gasteiger partial charge >= 0.3 is 0 Å². The summed E-state index contributed by atoms with van der Waals surface area (Å²) in [6.07, 6.45) is 1.16. The lowest BCUT2D eigenvalue weighted by Crippen LogP contribution is -2.32. The fourth-order valence-corrected chi connectivity index (χ4v) is 4.50. The van der Waals surface area contributed by atoms with Crippen molar-refractivity contribution in [3.05, 3.63) is 77.9 Å². The van der Waals surface area contributed by atoms with E-state index in [4.69, 9.17) is 9.47 Å². The van der Waals surface area contributed by atoms with E-state index >= 15 is 0 Å². The molecule has 3 aromatic carbocycles. The number of nitrogens with one attached hydrogen (secondary N) is 2. The first-order chi connectivity index (χ1) is 17.7. The molecule has 0 spiro atoms. The first kappa shape index (κ1) is 25.7. The van der Waals surface area contributed by atoms with Crippen LogP contribution in [-0.4, -0.2) is 63.6 Å². The van der Waals surface area contributed by atoms with Gasteiger partial charge in [-0.3, -0.25) is 4.90 Å². The Morgan fingerprint density at radius 1 is 0.806 bits per heavy atom. The van der Waals surface area contributed by atoms with Crippen LogP contribution < -0.4 is 20.3 Å². The fourth-order valence-electron chi connectivity index (χ4n) is 4.50. The molecule has 192 valence electrons. The smallest absolute Gasteiger partial charge is 0.140 e. The molecule has 4 rings (SSSR count). The number of phenolic OH excluding ortho intramolecular Hbond substituents is 1. The molecule has 3 N–H and O–H groups in total. The number of rotatable bonds is 11. The van der Waals surface area contributed by atoms with Gasteiger partial charge in [-0.1, -0.05) is 30.3 Å². The molecule has 7 heteroatoms. The van der Waals surface area contributed by atoms with Crippen molar-refractivity contribution in [3.8, 4) is 11.5 Å². The number of benzene rings is 3. The summed E-state index contributed by atoms with van der Waals surface area (Å²) in [5.74, 6) is 1.07. The molecule has 1 heterocycles. The first-order valence-electron chi connectivity index (χ1n) is 12.6. The Labute approximate surface area is 214 Å². The van der Waals surface area contributed by atoms with E-state index in [-0.39, 0.29) is 5.75 Å². The van der Waals surface area contributed by atoms with Gasteiger partial charge in [0.1, 0.15) is 17.2 Å². The summed E-state index contributed by atoms with van der Waals surface area (Å²) >= 11 is 0. The highest BCUT2D eigenvalue weighted by molar-refractivity contribution is 5.75. The van der Waals surface area contributed by atoms with Crippen molar-refractivity contribution in [2.45, 2.75) is 19.5 Å². The number of phenols is 1. The molecule has 1 saturated heterocycles. The summed E-state index contributed by atoms with van der Waals surface area (Å²) in [7, 11) is 3.43. The van der Waals surface area contributed by atoms with E-state index in [1.165, 1.54) is 11.3 Å². The maximum absolute atomic E-state index is 10.5. The van der Waals surface area contributed by atoms with E-state index < -0.39 is 0 Å². The second kappa shape index (κ2) is 13.0. The van der Waals surface area contributed by atoms with Crippen molar-refractivity contribution >= 4 is 17.1 Å². The number of anilines is 3. The lowest BCUT2D eigenvalue weighted by atomic mass is 10.1. The quantitative estimate of drug-likeness (QED) is 0.334. The predicted octanol–water partition coefficient (Wildman–Crippen LogP) is 4.78. The van der Waals surface area contributed by atoms with Crippen molar-refractivity contribution in [2.75, 3.05) is 69.1 Å². The third-order valence-corrected chi connectivity index (χ3v) is 6.66. The first-order valence-corrected chi connectivity index (χ1v) is 12.6. The Hall–Kier alpha value is -3.42. The molecule has 0 saturated carbocycles. The minimum atomic E-state index is 0.231. The standard InChI is InChI=1S/C29H38N4O3/c1-35-20-19-32-15-4-16-33(18-17-32)25-11-7-23(8-12-25)22-31-29-27(5-3-6-28(29)34)30-21-24-9-13-26(36-2)14-10-24/h3,5-14,30-31,34H,4,15-22H2,1-2H3. The van der Waals surface area contributed by atoms with Crippen LogP contribution in [0.25, 0.3) is 0 Å². The van der Waals surface area contributed by atoms with Crippen LogP contribution in [0.15, 0.2) is 66.7 Å². The SMILES string of the molecule is COCCN1CCCN(c2ccc(CNc3c(O)cccc3NCc3ccc(OC)cc3)cc2)CC1. The number of aromatic hydroxyl groups is 1. The van der Waals surface area contributed by atoms with Gasteiger partial charge in [0.15, 0.2) is 0 Å². The van der Waals surface area contributed by atoms with Gasteiger partial charge in [-0.15, -0.1) is 0 Å². The zero-order chi connectivity index (χ0) is 25.2. The van der Waals surface area contributed by atoms with E-state index in [0.717, 1.165) is 62.8 Å². The molecule has 1 fully saturated rings. The van der Waals surface area contributed by atoms with Gasteiger partial charge in [0.25, 0.3) is 0 Å². The Kier molecular flexibility index (Phi) is 9.30. The van der Waals surface area contributed by atoms with Gasteiger partial charge in [-0.2, -0.15) is 0 Å². The summed E-state index contributed by atoms with van der Waals surface area (Å²) in [4.78, 5) is 4.95. The van der Waals surface area contributed by atoms with Crippen molar-refractivity contribution in [2.24, 2.45) is 0 Å². The van der Waals surface area contributed by atoms with E-state index in [0.29, 0.717) is 18.8 Å². The molecule has 3 aromatic rings. The molecule has 36 heavy (non-hydrogen) atoms. The zero-order valence-electron chi connectivity index (χ0n) is 21.4. The Morgan fingerprint density at radius 3 is 2.25 bits per heavy atom. The average molecular weight is 491 g/mol. The molecule has 1 aliphatic heterocycles. The number of ether oxygens (including phenoxy) is 2. The maximum atomic E-state index is 10.5. The van der Waals surface area contributed by atoms with E-state index in [1.54, 1.807) is 20.3 Å². The lowest BCUT2D eigenvalue weighted by molar-refractivity contribution is 0.152. The van der Waals surface area contributed by atoms with Gasteiger partial charge in [0, 0.05) is 52.1 Å². The largest absolute Gasteiger partial charge is 0.506 e. The molecule has 0 radical (unpaired) electrons. The molecule has 0 aliphatic carbocycles. The highest BCUT2D eigenvalue weighted by atomic mass is 16.5. The minimum Gasteiger partial charge on any atom is -0.506 e. The van der Waals surface area contributed by atoms with Crippen molar-refractivity contribution < 1.29 is 14.6 Å². The summed E-state index contributed by atoms with van der Waals surface area (Å²) in [5, 5.41) is 17.4. The Balaban J connectivity index is 1.33.